The average molecular weight is 394 g/mol. The molecule has 4 rings (SSSR count). The minimum absolute atomic E-state index is 0.104. The highest BCUT2D eigenvalue weighted by molar-refractivity contribution is 5.90. The number of anilines is 1. The second kappa shape index (κ2) is 8.46. The monoisotopic (exact) mass is 394 g/mol. The third-order valence-corrected chi connectivity index (χ3v) is 5.33. The van der Waals surface area contributed by atoms with E-state index in [4.69, 9.17) is 4.52 Å². The van der Waals surface area contributed by atoms with E-state index in [0.29, 0.717) is 29.6 Å². The van der Waals surface area contributed by atoms with Gasteiger partial charge in [0.05, 0.1) is 5.69 Å². The van der Waals surface area contributed by atoms with E-state index in [0.717, 1.165) is 38.0 Å². The van der Waals surface area contributed by atoms with Gasteiger partial charge in [0.1, 0.15) is 11.4 Å². The molecular weight excluding hydrogens is 368 g/mol. The molecule has 29 heavy (non-hydrogen) atoms. The fraction of sp³-hybridized carbons (Fsp3) is 0.429. The van der Waals surface area contributed by atoms with Gasteiger partial charge in [0.15, 0.2) is 5.76 Å². The number of nitrogens with one attached hydrogen (secondary N) is 1. The summed E-state index contributed by atoms with van der Waals surface area (Å²) in [4.78, 5) is 14.5. The van der Waals surface area contributed by atoms with Crippen molar-refractivity contribution in [3.8, 4) is 0 Å². The number of piperidine rings is 1. The first-order valence-electron chi connectivity index (χ1n) is 10.00. The van der Waals surface area contributed by atoms with Gasteiger partial charge in [-0.1, -0.05) is 40.7 Å². The zero-order valence-electron chi connectivity index (χ0n) is 16.8. The molecule has 8 heteroatoms. The summed E-state index contributed by atoms with van der Waals surface area (Å²) >= 11 is 0. The van der Waals surface area contributed by atoms with Crippen LogP contribution in [0.1, 0.15) is 35.6 Å². The second-order valence-corrected chi connectivity index (χ2v) is 7.68. The van der Waals surface area contributed by atoms with Gasteiger partial charge in [0.25, 0.3) is 0 Å². The molecule has 1 aromatic carbocycles. The van der Waals surface area contributed by atoms with Gasteiger partial charge in [-0.25, -0.2) is 4.79 Å². The molecule has 0 spiro atoms. The number of rotatable bonds is 5. The van der Waals surface area contributed by atoms with E-state index in [1.165, 1.54) is 5.56 Å². The molecular formula is C21H26N6O2. The lowest BCUT2D eigenvalue weighted by molar-refractivity contribution is 0.168. The van der Waals surface area contributed by atoms with E-state index in [1.54, 1.807) is 6.92 Å². The van der Waals surface area contributed by atoms with Gasteiger partial charge in [0.2, 0.25) is 0 Å². The molecule has 0 aliphatic carbocycles. The van der Waals surface area contributed by atoms with Crippen LogP contribution in [0.5, 0.6) is 0 Å². The van der Waals surface area contributed by atoms with E-state index < -0.39 is 0 Å². The molecule has 1 fully saturated rings. The number of amides is 2. The molecule has 2 amide bonds. The SMILES string of the molecule is Cc1noc(C)c1NC(=O)N1CCC[C@H](Cn2cc(Cc3ccccc3)nn2)C1. The second-order valence-electron chi connectivity index (χ2n) is 7.68. The van der Waals surface area contributed by atoms with Gasteiger partial charge in [-0.15, -0.1) is 5.10 Å². The summed E-state index contributed by atoms with van der Waals surface area (Å²) in [6.45, 7) is 5.83. The zero-order valence-corrected chi connectivity index (χ0v) is 16.8. The quantitative estimate of drug-likeness (QED) is 0.716. The zero-order chi connectivity index (χ0) is 20.2. The number of hydrogen-bond acceptors (Lipinski definition) is 5. The lowest BCUT2D eigenvalue weighted by atomic mass is 9.98. The largest absolute Gasteiger partial charge is 0.359 e. The van der Waals surface area contributed by atoms with Crippen LogP contribution in [0.3, 0.4) is 0 Å². The van der Waals surface area contributed by atoms with Crippen LogP contribution in [-0.4, -0.2) is 44.2 Å². The van der Waals surface area contributed by atoms with Crippen LogP contribution in [0.15, 0.2) is 41.1 Å². The Balaban J connectivity index is 1.33. The van der Waals surface area contributed by atoms with Gasteiger partial charge in [0, 0.05) is 32.3 Å². The minimum atomic E-state index is -0.104. The molecule has 1 aliphatic rings. The number of aryl methyl sites for hydroxylation is 2. The highest BCUT2D eigenvalue weighted by Gasteiger charge is 2.25. The first kappa shape index (κ1) is 19.2. The molecule has 8 nitrogen and oxygen atoms in total. The molecule has 0 unspecified atom stereocenters. The Morgan fingerprint density at radius 2 is 2.10 bits per heavy atom. The maximum absolute atomic E-state index is 12.7. The first-order valence-corrected chi connectivity index (χ1v) is 10.00. The third-order valence-electron chi connectivity index (χ3n) is 5.33. The maximum Gasteiger partial charge on any atom is 0.322 e. The molecule has 1 N–H and O–H groups in total. The fourth-order valence-corrected chi connectivity index (χ4v) is 3.82. The summed E-state index contributed by atoms with van der Waals surface area (Å²) in [6.07, 6.45) is 4.83. The number of nitrogens with zero attached hydrogens (tertiary/aromatic N) is 5. The molecule has 0 radical (unpaired) electrons. The van der Waals surface area contributed by atoms with Crippen molar-refractivity contribution in [1.29, 1.82) is 0 Å². The number of carbonyl (C=O) groups excluding carboxylic acids is 1. The lowest BCUT2D eigenvalue weighted by Crippen LogP contribution is -2.43. The standard InChI is InChI=1S/C21H26N6O2/c1-15-20(16(2)29-24-15)22-21(28)26-10-6-9-18(12-26)13-27-14-19(23-25-27)11-17-7-4-3-5-8-17/h3-5,7-8,14,18H,6,9-13H2,1-2H3,(H,22,28)/t18-/m0/s1. The molecule has 1 aliphatic heterocycles. The van der Waals surface area contributed by atoms with Crippen LogP contribution in [-0.2, 0) is 13.0 Å². The van der Waals surface area contributed by atoms with E-state index in [-0.39, 0.29) is 6.03 Å². The number of hydrogen-bond donors (Lipinski definition) is 1. The van der Waals surface area contributed by atoms with Gasteiger partial charge in [-0.05, 0) is 38.2 Å². The van der Waals surface area contributed by atoms with Gasteiger partial charge >= 0.3 is 6.03 Å². The Kier molecular flexibility index (Phi) is 5.59. The smallest absolute Gasteiger partial charge is 0.322 e. The molecule has 2 aromatic heterocycles. The van der Waals surface area contributed by atoms with Gasteiger partial charge < -0.3 is 14.7 Å². The highest BCUT2D eigenvalue weighted by atomic mass is 16.5. The number of benzene rings is 1. The molecule has 3 aromatic rings. The van der Waals surface area contributed by atoms with Crippen LogP contribution in [0.4, 0.5) is 10.5 Å². The van der Waals surface area contributed by atoms with Crippen LogP contribution < -0.4 is 5.32 Å². The lowest BCUT2D eigenvalue weighted by Gasteiger charge is -2.32. The van der Waals surface area contributed by atoms with Crippen LogP contribution in [0.2, 0.25) is 0 Å². The summed E-state index contributed by atoms with van der Waals surface area (Å²) in [5.41, 5.74) is 3.54. The summed E-state index contributed by atoms with van der Waals surface area (Å²) in [6, 6.07) is 10.2. The van der Waals surface area contributed by atoms with Crippen molar-refractivity contribution in [3.05, 3.63) is 59.2 Å². The van der Waals surface area contributed by atoms with Crippen LogP contribution >= 0.6 is 0 Å². The summed E-state index contributed by atoms with van der Waals surface area (Å²) in [7, 11) is 0. The van der Waals surface area contributed by atoms with Crippen LogP contribution in [0, 0.1) is 19.8 Å². The van der Waals surface area contributed by atoms with Crippen molar-refractivity contribution < 1.29 is 9.32 Å². The van der Waals surface area contributed by atoms with E-state index in [1.807, 2.05) is 40.9 Å². The number of likely N-dealkylation sites (tertiary alicyclic amines) is 1. The van der Waals surface area contributed by atoms with Crippen molar-refractivity contribution in [1.82, 2.24) is 25.1 Å². The normalized spacial score (nSPS) is 16.8. The summed E-state index contributed by atoms with van der Waals surface area (Å²) < 4.78 is 7.03. The molecule has 1 saturated heterocycles. The summed E-state index contributed by atoms with van der Waals surface area (Å²) in [5, 5.41) is 15.4. The van der Waals surface area contributed by atoms with E-state index in [2.05, 4.69) is 32.9 Å². The molecule has 0 bridgehead atoms. The Morgan fingerprint density at radius 1 is 1.28 bits per heavy atom. The average Bonchev–Trinajstić information content (AvgIpc) is 3.30. The Labute approximate surface area is 169 Å². The summed E-state index contributed by atoms with van der Waals surface area (Å²) in [5.74, 6) is 0.975. The van der Waals surface area contributed by atoms with Gasteiger partial charge in [-0.3, -0.25) is 4.68 Å². The Morgan fingerprint density at radius 3 is 2.86 bits per heavy atom. The molecule has 0 saturated carbocycles. The van der Waals surface area contributed by atoms with Gasteiger partial charge in [-0.2, -0.15) is 0 Å². The van der Waals surface area contributed by atoms with Crippen molar-refractivity contribution in [2.24, 2.45) is 5.92 Å². The predicted molar refractivity (Wildman–Crippen MR) is 109 cm³/mol. The van der Waals surface area contributed by atoms with E-state index in [9.17, 15) is 4.79 Å². The Bertz CT molecular complexity index is 945. The highest BCUT2D eigenvalue weighted by Crippen LogP contribution is 2.22. The number of urea groups is 1. The van der Waals surface area contributed by atoms with E-state index >= 15 is 0 Å². The molecule has 152 valence electrons. The van der Waals surface area contributed by atoms with Crippen molar-refractivity contribution in [2.45, 2.75) is 39.7 Å². The van der Waals surface area contributed by atoms with Crippen molar-refractivity contribution in [2.75, 3.05) is 18.4 Å². The number of aromatic nitrogens is 4. The number of carbonyl (C=O) groups is 1. The van der Waals surface area contributed by atoms with Crippen molar-refractivity contribution >= 4 is 11.7 Å². The predicted octanol–water partition coefficient (Wildman–Crippen LogP) is 3.42. The van der Waals surface area contributed by atoms with Crippen LogP contribution in [0.25, 0.3) is 0 Å². The molecule has 3 heterocycles. The maximum atomic E-state index is 12.7. The van der Waals surface area contributed by atoms with Crippen molar-refractivity contribution in [3.63, 3.8) is 0 Å². The Hall–Kier alpha value is -3.16. The third kappa shape index (κ3) is 4.64. The minimum Gasteiger partial charge on any atom is -0.359 e. The topological polar surface area (TPSA) is 89.1 Å². The first-order chi connectivity index (χ1) is 14.1. The fourth-order valence-electron chi connectivity index (χ4n) is 3.82. The molecule has 1 atom stereocenters.